The van der Waals surface area contributed by atoms with Crippen molar-refractivity contribution in [2.24, 2.45) is 5.92 Å². The van der Waals surface area contributed by atoms with Crippen LogP contribution in [0.3, 0.4) is 0 Å². The van der Waals surface area contributed by atoms with E-state index in [4.69, 9.17) is 9.47 Å². The molecule has 1 N–H and O–H groups in total. The van der Waals surface area contributed by atoms with Gasteiger partial charge in [0.25, 0.3) is 0 Å². The highest BCUT2D eigenvalue weighted by atomic mass is 16.6. The Morgan fingerprint density at radius 1 is 1.17 bits per heavy atom. The third kappa shape index (κ3) is 4.56. The quantitative estimate of drug-likeness (QED) is 0.797. The van der Waals surface area contributed by atoms with E-state index in [0.29, 0.717) is 6.61 Å². The van der Waals surface area contributed by atoms with Gasteiger partial charge in [-0.2, -0.15) is 0 Å². The van der Waals surface area contributed by atoms with Gasteiger partial charge in [0.1, 0.15) is 6.61 Å². The Morgan fingerprint density at radius 2 is 2.00 bits per heavy atom. The van der Waals surface area contributed by atoms with Crippen LogP contribution in [0, 0.1) is 5.92 Å². The Kier molecular flexibility index (Phi) is 6.05. The number of carboxylic acid groups (broad SMARTS) is 1. The minimum Gasteiger partial charge on any atom is -0.486 e. The summed E-state index contributed by atoms with van der Waals surface area (Å²) in [5, 5.41) is 9.30. The van der Waals surface area contributed by atoms with E-state index < -0.39 is 5.97 Å². The maximum Gasteiger partial charge on any atom is 0.306 e. The summed E-state index contributed by atoms with van der Waals surface area (Å²) in [4.78, 5) is 13.7. The molecule has 0 saturated carbocycles. The molecule has 0 radical (unpaired) electrons. The first-order valence-corrected chi connectivity index (χ1v) is 10.6. The number of ether oxygens (including phenoxy) is 2. The van der Waals surface area contributed by atoms with Crippen LogP contribution in [-0.4, -0.2) is 35.7 Å². The first-order chi connectivity index (χ1) is 14.1. The standard InChI is InChI=1S/C24H29NO4/c1-17(25-14-5-6-20(13-15-25)24(26)27)18-9-11-19(12-10-18)23-16-28-21-7-3-2-4-8-22(21)29-23/h2,4,7-12,17,20,23H,3,5-6,13-16H2,1H3,(H,26,27)/t17?,20?,23-/m1/s1. The molecule has 2 heterocycles. The predicted octanol–water partition coefficient (Wildman–Crippen LogP) is 4.75. The van der Waals surface area contributed by atoms with E-state index >= 15 is 0 Å². The number of rotatable bonds is 4. The Labute approximate surface area is 172 Å². The zero-order valence-electron chi connectivity index (χ0n) is 16.9. The number of carboxylic acids is 1. The van der Waals surface area contributed by atoms with Crippen molar-refractivity contribution in [1.82, 2.24) is 4.90 Å². The van der Waals surface area contributed by atoms with Crippen molar-refractivity contribution in [2.75, 3.05) is 19.7 Å². The number of hydrogen-bond acceptors (Lipinski definition) is 4. The molecule has 0 spiro atoms. The van der Waals surface area contributed by atoms with Crippen LogP contribution < -0.4 is 0 Å². The summed E-state index contributed by atoms with van der Waals surface area (Å²) < 4.78 is 12.1. The summed E-state index contributed by atoms with van der Waals surface area (Å²) >= 11 is 0. The summed E-state index contributed by atoms with van der Waals surface area (Å²) in [5.41, 5.74) is 2.35. The number of fused-ring (bicyclic) bond motifs is 1. The van der Waals surface area contributed by atoms with Crippen LogP contribution in [0.4, 0.5) is 0 Å². The van der Waals surface area contributed by atoms with Gasteiger partial charge in [0.05, 0.1) is 5.92 Å². The monoisotopic (exact) mass is 395 g/mol. The first-order valence-electron chi connectivity index (χ1n) is 10.6. The van der Waals surface area contributed by atoms with Crippen LogP contribution >= 0.6 is 0 Å². The molecule has 0 amide bonds. The summed E-state index contributed by atoms with van der Waals surface area (Å²) in [6, 6.07) is 8.84. The van der Waals surface area contributed by atoms with Crippen LogP contribution in [-0.2, 0) is 14.3 Å². The van der Waals surface area contributed by atoms with Gasteiger partial charge in [-0.1, -0.05) is 36.4 Å². The molecule has 5 nitrogen and oxygen atoms in total. The lowest BCUT2D eigenvalue weighted by Crippen LogP contribution is -2.28. The Bertz CT molecular complexity index is 824. The summed E-state index contributed by atoms with van der Waals surface area (Å²) in [7, 11) is 0. The van der Waals surface area contributed by atoms with Gasteiger partial charge in [0.15, 0.2) is 17.6 Å². The molecule has 2 fully saturated rings. The van der Waals surface area contributed by atoms with Gasteiger partial charge in [0, 0.05) is 6.04 Å². The lowest BCUT2D eigenvalue weighted by molar-refractivity contribution is -0.142. The fourth-order valence-corrected chi connectivity index (χ4v) is 4.29. The van der Waals surface area contributed by atoms with Gasteiger partial charge in [-0.05, 0) is 69.0 Å². The van der Waals surface area contributed by atoms with E-state index in [0.717, 1.165) is 55.9 Å². The summed E-state index contributed by atoms with van der Waals surface area (Å²) in [6.45, 7) is 4.50. The minimum absolute atomic E-state index is 0.108. The highest BCUT2D eigenvalue weighted by molar-refractivity contribution is 5.69. The van der Waals surface area contributed by atoms with Crippen LogP contribution in [0.5, 0.6) is 0 Å². The van der Waals surface area contributed by atoms with E-state index in [1.165, 1.54) is 5.56 Å². The third-order valence-electron chi connectivity index (χ3n) is 6.18. The molecule has 4 rings (SSSR count). The summed E-state index contributed by atoms with van der Waals surface area (Å²) in [5.74, 6) is 0.767. The molecule has 29 heavy (non-hydrogen) atoms. The molecule has 0 aromatic heterocycles. The zero-order chi connectivity index (χ0) is 20.2. The Hall–Kier alpha value is -2.53. The molecule has 1 aliphatic carbocycles. The van der Waals surface area contributed by atoms with Gasteiger partial charge >= 0.3 is 5.97 Å². The molecule has 3 atom stereocenters. The average Bonchev–Trinajstić information content (AvgIpc) is 3.13. The van der Waals surface area contributed by atoms with Gasteiger partial charge in [0.2, 0.25) is 0 Å². The minimum atomic E-state index is -0.657. The second kappa shape index (κ2) is 8.87. The van der Waals surface area contributed by atoms with Crippen molar-refractivity contribution in [3.05, 3.63) is 71.2 Å². The molecule has 0 bridgehead atoms. The molecule has 1 aromatic carbocycles. The SMILES string of the molecule is CC(c1ccc([C@H]2COC3=CCC=CC=C3O2)cc1)N1CCCC(C(=O)O)CC1. The van der Waals surface area contributed by atoms with Crippen LogP contribution in [0.2, 0.25) is 0 Å². The number of likely N-dealkylation sites (tertiary alicyclic amines) is 1. The molecule has 5 heteroatoms. The number of aliphatic carboxylic acids is 1. The van der Waals surface area contributed by atoms with E-state index in [9.17, 15) is 9.90 Å². The van der Waals surface area contributed by atoms with E-state index in [2.05, 4.69) is 42.2 Å². The van der Waals surface area contributed by atoms with Gasteiger partial charge in [-0.25, -0.2) is 0 Å². The van der Waals surface area contributed by atoms with Crippen molar-refractivity contribution < 1.29 is 19.4 Å². The molecule has 2 aliphatic heterocycles. The number of nitrogens with zero attached hydrogens (tertiary/aromatic N) is 1. The third-order valence-corrected chi connectivity index (χ3v) is 6.18. The average molecular weight is 395 g/mol. The molecule has 2 unspecified atom stereocenters. The van der Waals surface area contributed by atoms with Gasteiger partial charge in [-0.15, -0.1) is 0 Å². The second-order valence-electron chi connectivity index (χ2n) is 8.03. The van der Waals surface area contributed by atoms with Crippen LogP contribution in [0.25, 0.3) is 0 Å². The van der Waals surface area contributed by atoms with E-state index in [-0.39, 0.29) is 18.1 Å². The normalized spacial score (nSPS) is 26.0. The fourth-order valence-electron chi connectivity index (χ4n) is 4.29. The first kappa shape index (κ1) is 19.8. The number of hydrogen-bond donors (Lipinski definition) is 1. The molecule has 2 saturated heterocycles. The fraction of sp³-hybridized carbons (Fsp3) is 0.458. The largest absolute Gasteiger partial charge is 0.486 e. The lowest BCUT2D eigenvalue weighted by Gasteiger charge is -2.30. The number of benzene rings is 1. The van der Waals surface area contributed by atoms with Gasteiger partial charge < -0.3 is 14.6 Å². The van der Waals surface area contributed by atoms with E-state index in [1.807, 2.05) is 18.2 Å². The highest BCUT2D eigenvalue weighted by Gasteiger charge is 2.27. The maximum absolute atomic E-state index is 11.3. The smallest absolute Gasteiger partial charge is 0.306 e. The second-order valence-corrected chi connectivity index (χ2v) is 8.03. The van der Waals surface area contributed by atoms with Crippen molar-refractivity contribution >= 4 is 5.97 Å². The van der Waals surface area contributed by atoms with Crippen molar-refractivity contribution in [2.45, 2.75) is 44.8 Å². The zero-order valence-corrected chi connectivity index (χ0v) is 16.9. The molecular weight excluding hydrogens is 366 g/mol. The maximum atomic E-state index is 11.3. The van der Waals surface area contributed by atoms with E-state index in [1.54, 1.807) is 0 Å². The van der Waals surface area contributed by atoms with Crippen molar-refractivity contribution in [3.8, 4) is 0 Å². The molecule has 1 aromatic rings. The Morgan fingerprint density at radius 3 is 2.79 bits per heavy atom. The predicted molar refractivity (Wildman–Crippen MR) is 111 cm³/mol. The number of allylic oxidation sites excluding steroid dienone is 4. The molecule has 154 valence electrons. The van der Waals surface area contributed by atoms with Gasteiger partial charge in [-0.3, -0.25) is 9.69 Å². The lowest BCUT2D eigenvalue weighted by atomic mass is 10.0. The van der Waals surface area contributed by atoms with Crippen LogP contribution in [0.1, 0.15) is 55.9 Å². The Balaban J connectivity index is 1.41. The highest BCUT2D eigenvalue weighted by Crippen LogP contribution is 2.33. The number of carbonyl (C=O) groups is 1. The van der Waals surface area contributed by atoms with Crippen molar-refractivity contribution in [1.29, 1.82) is 0 Å². The molecular formula is C24H29NO4. The summed E-state index contributed by atoms with van der Waals surface area (Å²) in [6.07, 6.45) is 11.3. The van der Waals surface area contributed by atoms with Crippen molar-refractivity contribution in [3.63, 3.8) is 0 Å². The van der Waals surface area contributed by atoms with Crippen LogP contribution in [0.15, 0.2) is 60.1 Å². The topological polar surface area (TPSA) is 59.0 Å². The molecule has 3 aliphatic rings.